The molecule has 1 heterocycles. The highest BCUT2D eigenvalue weighted by atomic mass is 35.5. The summed E-state index contributed by atoms with van der Waals surface area (Å²) < 4.78 is 0. The Bertz CT molecular complexity index is 349. The minimum atomic E-state index is -0.00943. The Morgan fingerprint density at radius 2 is 2.19 bits per heavy atom. The molecule has 0 unspecified atom stereocenters. The lowest BCUT2D eigenvalue weighted by atomic mass is 10.1. The summed E-state index contributed by atoms with van der Waals surface area (Å²) >= 11 is 5.66. The van der Waals surface area contributed by atoms with Gasteiger partial charge in [0.05, 0.1) is 5.56 Å². The van der Waals surface area contributed by atoms with E-state index >= 15 is 0 Å². The number of hydrogen-bond donors (Lipinski definition) is 0. The molecule has 0 spiro atoms. The van der Waals surface area contributed by atoms with Crippen LogP contribution in [-0.2, 0) is 0 Å². The molecule has 0 aliphatic rings. The van der Waals surface area contributed by atoms with Gasteiger partial charge in [0.1, 0.15) is 5.15 Å². The van der Waals surface area contributed by atoms with Crippen LogP contribution in [0.1, 0.15) is 30.6 Å². The molecule has 88 valence electrons. The van der Waals surface area contributed by atoms with Crippen LogP contribution in [0.4, 0.5) is 0 Å². The van der Waals surface area contributed by atoms with E-state index in [0.29, 0.717) is 16.6 Å². The van der Waals surface area contributed by atoms with Gasteiger partial charge in [-0.15, -0.1) is 0 Å². The van der Waals surface area contributed by atoms with Crippen molar-refractivity contribution in [1.82, 2.24) is 9.88 Å². The fourth-order valence-corrected chi connectivity index (χ4v) is 1.39. The zero-order valence-corrected chi connectivity index (χ0v) is 10.7. The van der Waals surface area contributed by atoms with E-state index < -0.39 is 0 Å². The van der Waals surface area contributed by atoms with Gasteiger partial charge in [-0.25, -0.2) is 4.98 Å². The molecule has 0 saturated carbocycles. The lowest BCUT2D eigenvalue weighted by molar-refractivity contribution is 0.0789. The van der Waals surface area contributed by atoms with E-state index in [1.54, 1.807) is 24.1 Å². The average Bonchev–Trinajstić information content (AvgIpc) is 2.26. The largest absolute Gasteiger partial charge is 0.342 e. The minimum Gasteiger partial charge on any atom is -0.342 e. The Balaban J connectivity index is 2.60. The number of aromatic nitrogens is 1. The molecular weight excluding hydrogens is 224 g/mol. The number of carbonyl (C=O) groups excluding carboxylic acids is 1. The lowest BCUT2D eigenvalue weighted by Gasteiger charge is -2.18. The predicted molar refractivity (Wildman–Crippen MR) is 65.7 cm³/mol. The number of halogens is 1. The van der Waals surface area contributed by atoms with Crippen molar-refractivity contribution < 1.29 is 4.79 Å². The highest BCUT2D eigenvalue weighted by molar-refractivity contribution is 6.29. The van der Waals surface area contributed by atoms with Crippen LogP contribution in [0.3, 0.4) is 0 Å². The molecule has 0 bridgehead atoms. The number of amides is 1. The fraction of sp³-hybridized carbons (Fsp3) is 0.500. The quantitative estimate of drug-likeness (QED) is 0.759. The molecule has 0 N–H and O–H groups in total. The number of hydrogen-bond acceptors (Lipinski definition) is 2. The molecule has 0 fully saturated rings. The SMILES string of the molecule is CC(C)CCN(C)C(=O)c1ccc(Cl)nc1. The average molecular weight is 241 g/mol. The summed E-state index contributed by atoms with van der Waals surface area (Å²) in [6.07, 6.45) is 2.51. The van der Waals surface area contributed by atoms with Crippen LogP contribution in [0.2, 0.25) is 5.15 Å². The molecule has 0 atom stereocenters. The molecule has 0 aliphatic heterocycles. The van der Waals surface area contributed by atoms with E-state index in [9.17, 15) is 4.79 Å². The molecule has 0 aromatic carbocycles. The molecule has 0 radical (unpaired) electrons. The third-order valence-electron chi connectivity index (χ3n) is 2.36. The van der Waals surface area contributed by atoms with Crippen molar-refractivity contribution in [1.29, 1.82) is 0 Å². The van der Waals surface area contributed by atoms with E-state index in [4.69, 9.17) is 11.6 Å². The van der Waals surface area contributed by atoms with Crippen LogP contribution in [0.25, 0.3) is 0 Å². The van der Waals surface area contributed by atoms with Crippen LogP contribution >= 0.6 is 11.6 Å². The number of nitrogens with zero attached hydrogens (tertiary/aromatic N) is 2. The first-order valence-electron chi connectivity index (χ1n) is 5.37. The highest BCUT2D eigenvalue weighted by Gasteiger charge is 2.11. The summed E-state index contributed by atoms with van der Waals surface area (Å²) in [6, 6.07) is 3.33. The van der Waals surface area contributed by atoms with Gasteiger partial charge in [0.25, 0.3) is 5.91 Å². The molecule has 1 rings (SSSR count). The molecule has 3 nitrogen and oxygen atoms in total. The number of carbonyl (C=O) groups is 1. The second kappa shape index (κ2) is 5.85. The van der Waals surface area contributed by atoms with Gasteiger partial charge < -0.3 is 4.90 Å². The van der Waals surface area contributed by atoms with E-state index in [1.807, 2.05) is 0 Å². The smallest absolute Gasteiger partial charge is 0.255 e. The van der Waals surface area contributed by atoms with Crippen LogP contribution in [0, 0.1) is 5.92 Å². The van der Waals surface area contributed by atoms with Crippen molar-refractivity contribution >= 4 is 17.5 Å². The maximum Gasteiger partial charge on any atom is 0.255 e. The molecule has 0 saturated heterocycles. The fourth-order valence-electron chi connectivity index (χ4n) is 1.28. The van der Waals surface area contributed by atoms with Gasteiger partial charge in [0.15, 0.2) is 0 Å². The first-order valence-corrected chi connectivity index (χ1v) is 5.75. The molecule has 1 aromatic rings. The van der Waals surface area contributed by atoms with Gasteiger partial charge in [0, 0.05) is 19.8 Å². The van der Waals surface area contributed by atoms with E-state index in [0.717, 1.165) is 13.0 Å². The Hall–Kier alpha value is -1.09. The second-order valence-corrected chi connectivity index (χ2v) is 4.67. The Morgan fingerprint density at radius 1 is 1.50 bits per heavy atom. The molecular formula is C12H17ClN2O. The molecule has 16 heavy (non-hydrogen) atoms. The van der Waals surface area contributed by atoms with Gasteiger partial charge in [-0.3, -0.25) is 4.79 Å². The van der Waals surface area contributed by atoms with Gasteiger partial charge in [0.2, 0.25) is 0 Å². The number of pyridine rings is 1. The molecule has 0 aliphatic carbocycles. The van der Waals surface area contributed by atoms with Crippen LogP contribution < -0.4 is 0 Å². The van der Waals surface area contributed by atoms with Crippen LogP contribution in [-0.4, -0.2) is 29.4 Å². The zero-order chi connectivity index (χ0) is 12.1. The minimum absolute atomic E-state index is 0.00943. The van der Waals surface area contributed by atoms with Crippen molar-refractivity contribution in [2.24, 2.45) is 5.92 Å². The first-order chi connectivity index (χ1) is 7.50. The molecule has 1 aromatic heterocycles. The van der Waals surface area contributed by atoms with Gasteiger partial charge >= 0.3 is 0 Å². The van der Waals surface area contributed by atoms with E-state index in [2.05, 4.69) is 18.8 Å². The topological polar surface area (TPSA) is 33.2 Å². The van der Waals surface area contributed by atoms with Gasteiger partial charge in [-0.2, -0.15) is 0 Å². The van der Waals surface area contributed by atoms with Crippen molar-refractivity contribution in [3.8, 4) is 0 Å². The van der Waals surface area contributed by atoms with Crippen LogP contribution in [0.5, 0.6) is 0 Å². The summed E-state index contributed by atoms with van der Waals surface area (Å²) in [7, 11) is 1.80. The normalized spacial score (nSPS) is 10.6. The molecule has 4 heteroatoms. The second-order valence-electron chi connectivity index (χ2n) is 4.28. The summed E-state index contributed by atoms with van der Waals surface area (Å²) in [5.74, 6) is 0.586. The summed E-state index contributed by atoms with van der Waals surface area (Å²) in [5, 5.41) is 0.404. The Kier molecular flexibility index (Phi) is 4.74. The summed E-state index contributed by atoms with van der Waals surface area (Å²) in [5.41, 5.74) is 0.579. The lowest BCUT2D eigenvalue weighted by Crippen LogP contribution is -2.28. The maximum absolute atomic E-state index is 11.9. The van der Waals surface area contributed by atoms with Crippen molar-refractivity contribution in [2.75, 3.05) is 13.6 Å². The summed E-state index contributed by atoms with van der Waals surface area (Å²) in [4.78, 5) is 17.5. The van der Waals surface area contributed by atoms with Crippen LogP contribution in [0.15, 0.2) is 18.3 Å². The predicted octanol–water partition coefficient (Wildman–Crippen LogP) is 2.85. The maximum atomic E-state index is 11.9. The third-order valence-corrected chi connectivity index (χ3v) is 2.59. The number of rotatable bonds is 4. The van der Waals surface area contributed by atoms with Crippen molar-refractivity contribution in [2.45, 2.75) is 20.3 Å². The van der Waals surface area contributed by atoms with E-state index in [1.165, 1.54) is 6.20 Å². The first kappa shape index (κ1) is 13.0. The highest BCUT2D eigenvalue weighted by Crippen LogP contribution is 2.08. The van der Waals surface area contributed by atoms with E-state index in [-0.39, 0.29) is 5.91 Å². The van der Waals surface area contributed by atoms with Crippen molar-refractivity contribution in [3.63, 3.8) is 0 Å². The van der Waals surface area contributed by atoms with Crippen molar-refractivity contribution in [3.05, 3.63) is 29.0 Å². The Morgan fingerprint density at radius 3 is 2.69 bits per heavy atom. The van der Waals surface area contributed by atoms with Gasteiger partial charge in [-0.05, 0) is 24.5 Å². The molecule has 1 amide bonds. The standard InChI is InChI=1S/C12H17ClN2O/c1-9(2)6-7-15(3)12(16)10-4-5-11(13)14-8-10/h4-5,8-9H,6-7H2,1-3H3. The summed E-state index contributed by atoms with van der Waals surface area (Å²) in [6.45, 7) is 5.05. The Labute approximate surface area is 101 Å². The monoisotopic (exact) mass is 240 g/mol. The third kappa shape index (κ3) is 3.81. The zero-order valence-electron chi connectivity index (χ0n) is 9.90. The van der Waals surface area contributed by atoms with Gasteiger partial charge in [-0.1, -0.05) is 25.4 Å².